The van der Waals surface area contributed by atoms with E-state index in [0.29, 0.717) is 12.8 Å². The number of halogens is 2. The van der Waals surface area contributed by atoms with Crippen LogP contribution >= 0.6 is 0 Å². The van der Waals surface area contributed by atoms with Crippen LogP contribution in [-0.2, 0) is 4.79 Å². The van der Waals surface area contributed by atoms with Gasteiger partial charge in [0.05, 0.1) is 0 Å². The average molecular weight is 189 g/mol. The van der Waals surface area contributed by atoms with E-state index in [-0.39, 0.29) is 12.5 Å². The topological polar surface area (TPSA) is 29.1 Å². The molecule has 0 aromatic rings. The maximum Gasteiger partial charge on any atom is 0.259 e. The van der Waals surface area contributed by atoms with Gasteiger partial charge in [0.1, 0.15) is 5.92 Å². The molecule has 2 rings (SSSR count). The first kappa shape index (κ1) is 8.91. The fourth-order valence-corrected chi connectivity index (χ4v) is 1.78. The highest BCUT2D eigenvalue weighted by Gasteiger charge is 2.48. The predicted molar refractivity (Wildman–Crippen MR) is 43.5 cm³/mol. The molecule has 2 nitrogen and oxygen atoms in total. The summed E-state index contributed by atoms with van der Waals surface area (Å²) in [6.07, 6.45) is 2.57. The van der Waals surface area contributed by atoms with Gasteiger partial charge in [-0.2, -0.15) is 0 Å². The maximum absolute atomic E-state index is 13.1. The van der Waals surface area contributed by atoms with Gasteiger partial charge in [-0.1, -0.05) is 0 Å². The molecule has 0 aliphatic heterocycles. The van der Waals surface area contributed by atoms with Crippen LogP contribution in [-0.4, -0.2) is 17.9 Å². The van der Waals surface area contributed by atoms with Crippen molar-refractivity contribution in [2.45, 2.75) is 44.1 Å². The van der Waals surface area contributed by atoms with Crippen LogP contribution in [0.2, 0.25) is 0 Å². The predicted octanol–water partition coefficient (Wildman–Crippen LogP) is 1.70. The van der Waals surface area contributed by atoms with Gasteiger partial charge in [0.2, 0.25) is 5.91 Å². The zero-order chi connectivity index (χ0) is 9.47. The highest BCUT2D eigenvalue weighted by Crippen LogP contribution is 2.40. The largest absolute Gasteiger partial charge is 0.353 e. The Hall–Kier alpha value is -0.670. The second kappa shape index (κ2) is 2.93. The van der Waals surface area contributed by atoms with Crippen LogP contribution in [0.1, 0.15) is 32.1 Å². The number of carbonyl (C=O) groups is 1. The molecule has 1 N–H and O–H groups in total. The van der Waals surface area contributed by atoms with Gasteiger partial charge in [0.15, 0.2) is 0 Å². The van der Waals surface area contributed by atoms with Gasteiger partial charge in [-0.05, 0) is 25.7 Å². The first-order chi connectivity index (χ1) is 6.09. The Morgan fingerprint density at radius 2 is 2.00 bits per heavy atom. The lowest BCUT2D eigenvalue weighted by molar-refractivity contribution is -0.136. The van der Waals surface area contributed by atoms with Gasteiger partial charge < -0.3 is 5.32 Å². The molecule has 74 valence electrons. The molecule has 2 fully saturated rings. The van der Waals surface area contributed by atoms with Crippen LogP contribution in [0.5, 0.6) is 0 Å². The number of alkyl halides is 2. The number of hydrogen-bond acceptors (Lipinski definition) is 1. The third kappa shape index (κ3) is 1.81. The molecule has 1 atom stereocenters. The Balaban J connectivity index is 1.94. The van der Waals surface area contributed by atoms with Gasteiger partial charge in [-0.25, -0.2) is 8.78 Å². The number of nitrogens with one attached hydrogen (secondary N) is 1. The summed E-state index contributed by atoms with van der Waals surface area (Å²) < 4.78 is 26.1. The third-order valence-electron chi connectivity index (χ3n) is 2.75. The van der Waals surface area contributed by atoms with Crippen molar-refractivity contribution in [3.05, 3.63) is 0 Å². The first-order valence-corrected chi connectivity index (χ1v) is 4.78. The minimum Gasteiger partial charge on any atom is -0.353 e. The summed E-state index contributed by atoms with van der Waals surface area (Å²) in [6.45, 7) is 0. The van der Waals surface area contributed by atoms with Gasteiger partial charge in [-0.15, -0.1) is 0 Å². The monoisotopic (exact) mass is 189 g/mol. The van der Waals surface area contributed by atoms with E-state index < -0.39 is 17.7 Å². The second-order valence-electron chi connectivity index (χ2n) is 3.99. The maximum atomic E-state index is 13.1. The number of amides is 1. The number of hydrogen-bond donors (Lipinski definition) is 1. The van der Waals surface area contributed by atoms with Crippen LogP contribution in [0.4, 0.5) is 8.78 Å². The molecular weight excluding hydrogens is 176 g/mol. The Bertz CT molecular complexity index is 226. The molecule has 1 amide bonds. The van der Waals surface area contributed by atoms with E-state index >= 15 is 0 Å². The van der Waals surface area contributed by atoms with Crippen LogP contribution < -0.4 is 5.32 Å². The summed E-state index contributed by atoms with van der Waals surface area (Å²) in [5.41, 5.74) is 0. The Labute approximate surface area is 75.7 Å². The SMILES string of the molecule is O=C(NC1CC1)C1CCCC1(F)F. The molecule has 0 heterocycles. The standard InChI is InChI=1S/C9H13F2NO/c10-9(11)5-1-2-7(9)8(13)12-6-3-4-6/h6-7H,1-5H2,(H,12,13). The summed E-state index contributed by atoms with van der Waals surface area (Å²) in [7, 11) is 0. The van der Waals surface area contributed by atoms with Gasteiger partial charge >= 0.3 is 0 Å². The van der Waals surface area contributed by atoms with Crippen molar-refractivity contribution in [1.82, 2.24) is 5.32 Å². The smallest absolute Gasteiger partial charge is 0.259 e. The summed E-state index contributed by atoms with van der Waals surface area (Å²) in [5.74, 6) is -4.27. The van der Waals surface area contributed by atoms with Gasteiger partial charge in [-0.3, -0.25) is 4.79 Å². The highest BCUT2D eigenvalue weighted by molar-refractivity contribution is 5.80. The molecule has 2 aliphatic rings. The second-order valence-corrected chi connectivity index (χ2v) is 3.99. The summed E-state index contributed by atoms with van der Waals surface area (Å²) in [4.78, 5) is 11.3. The minimum atomic E-state index is -2.76. The van der Waals surface area contributed by atoms with E-state index in [1.54, 1.807) is 0 Å². The summed E-state index contributed by atoms with van der Waals surface area (Å²) >= 11 is 0. The van der Waals surface area contributed by atoms with E-state index in [1.807, 2.05) is 0 Å². The molecule has 2 saturated carbocycles. The van der Waals surface area contributed by atoms with Crippen molar-refractivity contribution in [1.29, 1.82) is 0 Å². The van der Waals surface area contributed by atoms with Crippen molar-refractivity contribution in [2.24, 2.45) is 5.92 Å². The molecule has 0 saturated heterocycles. The van der Waals surface area contributed by atoms with E-state index in [1.165, 1.54) is 0 Å². The molecule has 1 unspecified atom stereocenters. The molecule has 0 radical (unpaired) electrons. The minimum absolute atomic E-state index is 0.129. The zero-order valence-corrected chi connectivity index (χ0v) is 7.35. The van der Waals surface area contributed by atoms with E-state index in [2.05, 4.69) is 5.32 Å². The van der Waals surface area contributed by atoms with Gasteiger partial charge in [0, 0.05) is 12.5 Å². The number of carbonyl (C=O) groups excluding carboxylic acids is 1. The lowest BCUT2D eigenvalue weighted by Crippen LogP contribution is -2.39. The van der Waals surface area contributed by atoms with Crippen molar-refractivity contribution in [3.63, 3.8) is 0 Å². The van der Waals surface area contributed by atoms with Crippen LogP contribution in [0.15, 0.2) is 0 Å². The molecule has 2 aliphatic carbocycles. The van der Waals surface area contributed by atoms with Crippen molar-refractivity contribution >= 4 is 5.91 Å². The highest BCUT2D eigenvalue weighted by atomic mass is 19.3. The van der Waals surface area contributed by atoms with Crippen molar-refractivity contribution in [3.8, 4) is 0 Å². The summed E-state index contributed by atoms with van der Waals surface area (Å²) in [6, 6.07) is 0.184. The quantitative estimate of drug-likeness (QED) is 0.703. The van der Waals surface area contributed by atoms with Crippen molar-refractivity contribution in [2.75, 3.05) is 0 Å². The molecule has 0 bridgehead atoms. The third-order valence-corrected chi connectivity index (χ3v) is 2.75. The molecular formula is C9H13F2NO. The molecule has 4 heteroatoms. The van der Waals surface area contributed by atoms with E-state index in [9.17, 15) is 13.6 Å². The number of rotatable bonds is 2. The lowest BCUT2D eigenvalue weighted by atomic mass is 10.0. The molecule has 13 heavy (non-hydrogen) atoms. The Morgan fingerprint density at radius 3 is 2.46 bits per heavy atom. The Morgan fingerprint density at radius 1 is 1.31 bits per heavy atom. The first-order valence-electron chi connectivity index (χ1n) is 4.78. The fraction of sp³-hybridized carbons (Fsp3) is 0.889. The molecule has 0 spiro atoms. The Kier molecular flexibility index (Phi) is 2.00. The average Bonchev–Trinajstić information content (AvgIpc) is 2.75. The van der Waals surface area contributed by atoms with Crippen LogP contribution in [0.3, 0.4) is 0 Å². The lowest BCUT2D eigenvalue weighted by Gasteiger charge is -2.17. The van der Waals surface area contributed by atoms with E-state index in [4.69, 9.17) is 0 Å². The normalized spacial score (nSPS) is 31.7. The molecule has 0 aromatic carbocycles. The van der Waals surface area contributed by atoms with Gasteiger partial charge in [0.25, 0.3) is 5.92 Å². The fourth-order valence-electron chi connectivity index (χ4n) is 1.78. The summed E-state index contributed by atoms with van der Waals surface area (Å²) in [5, 5.41) is 2.63. The van der Waals surface area contributed by atoms with Crippen LogP contribution in [0.25, 0.3) is 0 Å². The zero-order valence-electron chi connectivity index (χ0n) is 7.35. The molecule has 0 aromatic heterocycles. The van der Waals surface area contributed by atoms with Crippen molar-refractivity contribution < 1.29 is 13.6 Å². The van der Waals surface area contributed by atoms with E-state index in [0.717, 1.165) is 12.8 Å². The van der Waals surface area contributed by atoms with Crippen LogP contribution in [0, 0.1) is 5.92 Å².